The van der Waals surface area contributed by atoms with Crippen LogP contribution in [-0.2, 0) is 23.0 Å². The third-order valence-corrected chi connectivity index (χ3v) is 5.15. The maximum atomic E-state index is 12.4. The molecule has 3 rings (SSSR count). The molecular formula is C20H20N4O4S. The van der Waals surface area contributed by atoms with Crippen LogP contribution in [0.2, 0.25) is 0 Å². The lowest BCUT2D eigenvalue weighted by molar-refractivity contribution is 0.0946. The molecule has 3 N–H and O–H groups in total. The first-order valence-corrected chi connectivity index (χ1v) is 10.4. The molecule has 0 aliphatic rings. The molecule has 1 aromatic heterocycles. The maximum absolute atomic E-state index is 12.4. The van der Waals surface area contributed by atoms with Gasteiger partial charge in [-0.05, 0) is 35.7 Å². The van der Waals surface area contributed by atoms with Crippen molar-refractivity contribution in [2.24, 2.45) is 5.14 Å². The van der Waals surface area contributed by atoms with Crippen LogP contribution in [0.4, 0.5) is 0 Å². The quantitative estimate of drug-likeness (QED) is 0.597. The highest BCUT2D eigenvalue weighted by molar-refractivity contribution is 7.89. The second kappa shape index (κ2) is 8.80. The summed E-state index contributed by atoms with van der Waals surface area (Å²) in [4.78, 5) is 24.4. The van der Waals surface area contributed by atoms with E-state index in [1.807, 2.05) is 30.3 Å². The first-order chi connectivity index (χ1) is 13.8. The number of amides is 1. The molecule has 1 amide bonds. The van der Waals surface area contributed by atoms with Crippen LogP contribution in [0.3, 0.4) is 0 Å². The summed E-state index contributed by atoms with van der Waals surface area (Å²) in [6, 6.07) is 18.2. The predicted octanol–water partition coefficient (Wildman–Crippen LogP) is 0.911. The summed E-state index contributed by atoms with van der Waals surface area (Å²) < 4.78 is 23.8. The van der Waals surface area contributed by atoms with Gasteiger partial charge in [-0.3, -0.25) is 9.59 Å². The van der Waals surface area contributed by atoms with E-state index >= 15 is 0 Å². The van der Waals surface area contributed by atoms with Crippen LogP contribution in [0.15, 0.2) is 76.4 Å². The van der Waals surface area contributed by atoms with Crippen molar-refractivity contribution in [3.05, 3.63) is 93.9 Å². The van der Waals surface area contributed by atoms with Crippen molar-refractivity contribution < 1.29 is 13.2 Å². The van der Waals surface area contributed by atoms with E-state index < -0.39 is 15.9 Å². The van der Waals surface area contributed by atoms with Gasteiger partial charge >= 0.3 is 0 Å². The highest BCUT2D eigenvalue weighted by atomic mass is 32.2. The Bertz CT molecular complexity index is 1160. The number of rotatable bonds is 7. The Labute approximate surface area is 168 Å². The number of benzene rings is 2. The molecule has 9 heteroatoms. The van der Waals surface area contributed by atoms with Crippen LogP contribution >= 0.6 is 0 Å². The number of sulfonamides is 1. The van der Waals surface area contributed by atoms with Gasteiger partial charge in [0.05, 0.1) is 11.4 Å². The summed E-state index contributed by atoms with van der Waals surface area (Å²) >= 11 is 0. The fourth-order valence-electron chi connectivity index (χ4n) is 2.70. The fourth-order valence-corrected chi connectivity index (χ4v) is 3.21. The zero-order valence-corrected chi connectivity index (χ0v) is 16.3. The summed E-state index contributed by atoms with van der Waals surface area (Å²) in [6.07, 6.45) is 0.500. The van der Waals surface area contributed by atoms with Crippen LogP contribution in [0, 0.1) is 0 Å². The number of nitrogens with zero attached hydrogens (tertiary/aromatic N) is 2. The summed E-state index contributed by atoms with van der Waals surface area (Å²) in [6.45, 7) is 0.601. The van der Waals surface area contributed by atoms with E-state index in [4.69, 9.17) is 5.14 Å². The zero-order chi connectivity index (χ0) is 20.9. The van der Waals surface area contributed by atoms with E-state index in [1.54, 1.807) is 12.1 Å². The molecule has 3 aromatic rings. The smallest absolute Gasteiger partial charge is 0.271 e. The van der Waals surface area contributed by atoms with Crippen LogP contribution in [0.1, 0.15) is 21.6 Å². The Morgan fingerprint density at radius 1 is 0.966 bits per heavy atom. The standard InChI is InChI=1S/C20H20N4O4S/c21-29(27,28)17-8-6-15(7-9-17)12-13-22-20(26)18-10-11-19(25)24(23-18)14-16-4-2-1-3-5-16/h1-11H,12-14H2,(H,22,26)(H2,21,27,28). The number of aromatic nitrogens is 2. The lowest BCUT2D eigenvalue weighted by atomic mass is 10.1. The lowest BCUT2D eigenvalue weighted by Crippen LogP contribution is -2.31. The molecule has 29 heavy (non-hydrogen) atoms. The van der Waals surface area contributed by atoms with Crippen LogP contribution in [0.5, 0.6) is 0 Å². The molecule has 8 nitrogen and oxygen atoms in total. The van der Waals surface area contributed by atoms with Gasteiger partial charge in [-0.15, -0.1) is 0 Å². The fraction of sp³-hybridized carbons (Fsp3) is 0.150. The summed E-state index contributed by atoms with van der Waals surface area (Å²) in [5, 5.41) is 12.0. The van der Waals surface area contributed by atoms with Crippen molar-refractivity contribution in [1.29, 1.82) is 0 Å². The van der Waals surface area contributed by atoms with Crippen molar-refractivity contribution in [2.75, 3.05) is 6.54 Å². The van der Waals surface area contributed by atoms with Crippen molar-refractivity contribution in [1.82, 2.24) is 15.1 Å². The molecule has 150 valence electrons. The minimum absolute atomic E-state index is 0.0372. The first-order valence-electron chi connectivity index (χ1n) is 8.85. The number of nitrogens with one attached hydrogen (secondary N) is 1. The van der Waals surface area contributed by atoms with Gasteiger partial charge in [0.1, 0.15) is 5.69 Å². The van der Waals surface area contributed by atoms with E-state index in [0.29, 0.717) is 13.0 Å². The van der Waals surface area contributed by atoms with Gasteiger partial charge in [-0.1, -0.05) is 42.5 Å². The SMILES string of the molecule is NS(=O)(=O)c1ccc(CCNC(=O)c2ccc(=O)n(Cc3ccccc3)n2)cc1. The molecule has 0 unspecified atom stereocenters. The molecule has 0 saturated heterocycles. The molecule has 0 fully saturated rings. The number of hydrogen-bond donors (Lipinski definition) is 2. The number of nitrogens with two attached hydrogens (primary N) is 1. The molecule has 0 atom stereocenters. The number of carbonyl (C=O) groups excluding carboxylic acids is 1. The van der Waals surface area contributed by atoms with E-state index in [0.717, 1.165) is 11.1 Å². The molecule has 0 radical (unpaired) electrons. The molecule has 1 heterocycles. The van der Waals surface area contributed by atoms with Gasteiger partial charge < -0.3 is 5.32 Å². The molecule has 0 spiro atoms. The molecule has 0 aliphatic carbocycles. The van der Waals surface area contributed by atoms with E-state index in [1.165, 1.54) is 28.9 Å². The van der Waals surface area contributed by atoms with Crippen molar-refractivity contribution in [3.63, 3.8) is 0 Å². The Morgan fingerprint density at radius 2 is 1.66 bits per heavy atom. The van der Waals surface area contributed by atoms with Crippen molar-refractivity contribution >= 4 is 15.9 Å². The maximum Gasteiger partial charge on any atom is 0.271 e. The molecule has 0 saturated carbocycles. The highest BCUT2D eigenvalue weighted by Gasteiger charge is 2.10. The van der Waals surface area contributed by atoms with E-state index in [9.17, 15) is 18.0 Å². The Hall–Kier alpha value is -3.30. The number of primary sulfonamides is 1. The van der Waals surface area contributed by atoms with Crippen LogP contribution in [-0.4, -0.2) is 30.7 Å². The van der Waals surface area contributed by atoms with E-state index in [-0.39, 0.29) is 22.7 Å². The van der Waals surface area contributed by atoms with Crippen LogP contribution in [0.25, 0.3) is 0 Å². The lowest BCUT2D eigenvalue weighted by Gasteiger charge is -2.08. The van der Waals surface area contributed by atoms with Crippen LogP contribution < -0.4 is 16.0 Å². The summed E-state index contributed by atoms with van der Waals surface area (Å²) in [5.74, 6) is -0.395. The minimum atomic E-state index is -3.73. The van der Waals surface area contributed by atoms with Gasteiger partial charge in [0.25, 0.3) is 11.5 Å². The third kappa shape index (κ3) is 5.59. The Morgan fingerprint density at radius 3 is 2.31 bits per heavy atom. The van der Waals surface area contributed by atoms with Crippen molar-refractivity contribution in [3.8, 4) is 0 Å². The first kappa shape index (κ1) is 20.4. The second-order valence-corrected chi connectivity index (χ2v) is 7.96. The van der Waals surface area contributed by atoms with Gasteiger partial charge in [0.2, 0.25) is 10.0 Å². The van der Waals surface area contributed by atoms with Gasteiger partial charge in [0, 0.05) is 12.6 Å². The predicted molar refractivity (Wildman–Crippen MR) is 108 cm³/mol. The topological polar surface area (TPSA) is 124 Å². The Balaban J connectivity index is 1.61. The number of hydrogen-bond acceptors (Lipinski definition) is 5. The number of carbonyl (C=O) groups is 1. The molecule has 0 bridgehead atoms. The molecule has 0 aliphatic heterocycles. The molecular weight excluding hydrogens is 392 g/mol. The van der Waals surface area contributed by atoms with Crippen molar-refractivity contribution in [2.45, 2.75) is 17.9 Å². The van der Waals surface area contributed by atoms with Gasteiger partial charge in [0.15, 0.2) is 0 Å². The third-order valence-electron chi connectivity index (χ3n) is 4.23. The van der Waals surface area contributed by atoms with Gasteiger partial charge in [-0.25, -0.2) is 18.2 Å². The van der Waals surface area contributed by atoms with Gasteiger partial charge in [-0.2, -0.15) is 5.10 Å². The zero-order valence-electron chi connectivity index (χ0n) is 15.5. The van der Waals surface area contributed by atoms with E-state index in [2.05, 4.69) is 10.4 Å². The normalized spacial score (nSPS) is 11.2. The average Bonchev–Trinajstić information content (AvgIpc) is 2.70. The largest absolute Gasteiger partial charge is 0.350 e. The second-order valence-electron chi connectivity index (χ2n) is 6.39. The Kier molecular flexibility index (Phi) is 6.20. The summed E-state index contributed by atoms with van der Waals surface area (Å²) in [5.41, 5.74) is 1.60. The molecule has 2 aromatic carbocycles. The monoisotopic (exact) mass is 412 g/mol. The summed E-state index contributed by atoms with van der Waals surface area (Å²) in [7, 11) is -3.73. The minimum Gasteiger partial charge on any atom is -0.350 e. The average molecular weight is 412 g/mol. The highest BCUT2D eigenvalue weighted by Crippen LogP contribution is 2.09.